The average Bonchev–Trinajstić information content (AvgIpc) is 2.36. The molecule has 1 saturated heterocycles. The summed E-state index contributed by atoms with van der Waals surface area (Å²) < 4.78 is 5.24. The minimum absolute atomic E-state index is 0.0909. The number of carboxylic acids is 1. The summed E-state index contributed by atoms with van der Waals surface area (Å²) in [6.45, 7) is 4.59. The molecule has 1 fully saturated rings. The van der Waals surface area contributed by atoms with Crippen LogP contribution in [0.5, 0.6) is 0 Å². The van der Waals surface area contributed by atoms with Gasteiger partial charge < -0.3 is 14.7 Å². The van der Waals surface area contributed by atoms with Gasteiger partial charge in [0.1, 0.15) is 0 Å². The summed E-state index contributed by atoms with van der Waals surface area (Å²) >= 11 is 0. The van der Waals surface area contributed by atoms with Crippen LogP contribution in [0.1, 0.15) is 26.7 Å². The Bertz CT molecular complexity index is 286. The molecule has 0 bridgehead atoms. The zero-order valence-electron chi connectivity index (χ0n) is 10.7. The van der Waals surface area contributed by atoms with E-state index in [2.05, 4.69) is 0 Å². The fraction of sp³-hybridized carbons (Fsp3) is 0.833. The first kappa shape index (κ1) is 14.0. The lowest BCUT2D eigenvalue weighted by Crippen LogP contribution is -2.44. The molecule has 0 spiro atoms. The van der Waals surface area contributed by atoms with Crippen molar-refractivity contribution >= 4 is 11.9 Å². The summed E-state index contributed by atoms with van der Waals surface area (Å²) in [6, 6.07) is 0.180. The van der Waals surface area contributed by atoms with E-state index in [1.807, 2.05) is 0 Å². The van der Waals surface area contributed by atoms with Crippen LogP contribution in [0.15, 0.2) is 0 Å². The summed E-state index contributed by atoms with van der Waals surface area (Å²) in [5.41, 5.74) is 0. The quantitative estimate of drug-likeness (QED) is 0.799. The van der Waals surface area contributed by atoms with Crippen molar-refractivity contribution in [2.24, 2.45) is 11.8 Å². The lowest BCUT2D eigenvalue weighted by Gasteiger charge is -2.33. The van der Waals surface area contributed by atoms with Gasteiger partial charge in [-0.2, -0.15) is 0 Å². The standard InChI is InChI=1S/C12H21NO4/c1-8(9(2)12(15)16)11(14)13(3)10-4-6-17-7-5-10/h8-10H,4-7H2,1-3H3,(H,15,16). The fourth-order valence-corrected chi connectivity index (χ4v) is 2.00. The fourth-order valence-electron chi connectivity index (χ4n) is 2.00. The molecule has 2 unspecified atom stereocenters. The van der Waals surface area contributed by atoms with Crippen LogP contribution in [0.2, 0.25) is 0 Å². The number of carbonyl (C=O) groups is 2. The first-order valence-corrected chi connectivity index (χ1v) is 6.02. The van der Waals surface area contributed by atoms with E-state index in [1.165, 1.54) is 0 Å². The predicted molar refractivity (Wildman–Crippen MR) is 62.6 cm³/mol. The molecule has 2 atom stereocenters. The average molecular weight is 243 g/mol. The molecule has 0 saturated carbocycles. The third-order valence-electron chi connectivity index (χ3n) is 3.62. The van der Waals surface area contributed by atoms with E-state index in [4.69, 9.17) is 9.84 Å². The Hall–Kier alpha value is -1.10. The minimum atomic E-state index is -0.925. The second-order valence-electron chi connectivity index (χ2n) is 4.71. The number of amides is 1. The van der Waals surface area contributed by atoms with Crippen molar-refractivity contribution in [3.8, 4) is 0 Å². The highest BCUT2D eigenvalue weighted by Crippen LogP contribution is 2.19. The summed E-state index contributed by atoms with van der Waals surface area (Å²) in [7, 11) is 1.75. The summed E-state index contributed by atoms with van der Waals surface area (Å²) in [4.78, 5) is 24.7. The van der Waals surface area contributed by atoms with Gasteiger partial charge in [0.05, 0.1) is 5.92 Å². The molecular weight excluding hydrogens is 222 g/mol. The zero-order chi connectivity index (χ0) is 13.0. The van der Waals surface area contributed by atoms with Crippen molar-refractivity contribution in [2.45, 2.75) is 32.7 Å². The third kappa shape index (κ3) is 3.43. The highest BCUT2D eigenvalue weighted by atomic mass is 16.5. The van der Waals surface area contributed by atoms with Crippen molar-refractivity contribution in [1.29, 1.82) is 0 Å². The number of carboxylic acid groups (broad SMARTS) is 1. The Balaban J connectivity index is 2.58. The van der Waals surface area contributed by atoms with Gasteiger partial charge >= 0.3 is 5.97 Å². The van der Waals surface area contributed by atoms with Gasteiger partial charge in [0.15, 0.2) is 0 Å². The molecule has 0 aromatic rings. The van der Waals surface area contributed by atoms with Gasteiger partial charge in [0, 0.05) is 32.2 Å². The molecule has 1 aliphatic rings. The SMILES string of the molecule is CC(C(=O)O)C(C)C(=O)N(C)C1CCOCC1. The van der Waals surface area contributed by atoms with Gasteiger partial charge in [-0.05, 0) is 12.8 Å². The minimum Gasteiger partial charge on any atom is -0.481 e. The van der Waals surface area contributed by atoms with Crippen LogP contribution in [-0.4, -0.2) is 48.2 Å². The molecule has 0 aliphatic carbocycles. The van der Waals surface area contributed by atoms with E-state index in [-0.39, 0.29) is 11.9 Å². The maximum atomic E-state index is 12.1. The number of hydrogen-bond donors (Lipinski definition) is 1. The molecule has 5 heteroatoms. The van der Waals surface area contributed by atoms with Crippen molar-refractivity contribution in [2.75, 3.05) is 20.3 Å². The number of carbonyl (C=O) groups excluding carboxylic acids is 1. The molecule has 17 heavy (non-hydrogen) atoms. The molecule has 1 heterocycles. The maximum Gasteiger partial charge on any atom is 0.307 e. The normalized spacial score (nSPS) is 20.6. The van der Waals surface area contributed by atoms with Crippen LogP contribution in [0.3, 0.4) is 0 Å². The highest BCUT2D eigenvalue weighted by molar-refractivity contribution is 5.84. The van der Waals surface area contributed by atoms with Gasteiger partial charge in [-0.1, -0.05) is 13.8 Å². The molecule has 1 N–H and O–H groups in total. The molecule has 1 rings (SSSR count). The Morgan fingerprint density at radius 1 is 1.24 bits per heavy atom. The van der Waals surface area contributed by atoms with Crippen molar-refractivity contribution in [1.82, 2.24) is 4.90 Å². The first-order valence-electron chi connectivity index (χ1n) is 6.02. The first-order chi connectivity index (χ1) is 7.95. The van der Waals surface area contributed by atoms with Gasteiger partial charge in [-0.15, -0.1) is 0 Å². The van der Waals surface area contributed by atoms with E-state index in [0.29, 0.717) is 13.2 Å². The topological polar surface area (TPSA) is 66.8 Å². The van der Waals surface area contributed by atoms with Crippen LogP contribution in [0.25, 0.3) is 0 Å². The molecule has 1 amide bonds. The maximum absolute atomic E-state index is 12.1. The van der Waals surface area contributed by atoms with E-state index in [9.17, 15) is 9.59 Å². The molecule has 0 aromatic heterocycles. The molecular formula is C12H21NO4. The number of nitrogens with zero attached hydrogens (tertiary/aromatic N) is 1. The third-order valence-corrected chi connectivity index (χ3v) is 3.62. The van der Waals surface area contributed by atoms with Crippen LogP contribution < -0.4 is 0 Å². The Kier molecular flexibility index (Phi) is 4.93. The van der Waals surface area contributed by atoms with Crippen LogP contribution >= 0.6 is 0 Å². The monoisotopic (exact) mass is 243 g/mol. The zero-order valence-corrected chi connectivity index (χ0v) is 10.7. The molecule has 5 nitrogen and oxygen atoms in total. The van der Waals surface area contributed by atoms with Gasteiger partial charge in [-0.25, -0.2) is 0 Å². The summed E-state index contributed by atoms with van der Waals surface area (Å²) in [5, 5.41) is 8.90. The summed E-state index contributed by atoms with van der Waals surface area (Å²) in [5.74, 6) is -2.15. The number of rotatable bonds is 4. The van der Waals surface area contributed by atoms with Gasteiger partial charge in [0.25, 0.3) is 0 Å². The predicted octanol–water partition coefficient (Wildman–Crippen LogP) is 0.981. The van der Waals surface area contributed by atoms with Gasteiger partial charge in [0.2, 0.25) is 5.91 Å². The number of ether oxygens (including phenoxy) is 1. The lowest BCUT2D eigenvalue weighted by molar-refractivity contribution is -0.150. The van der Waals surface area contributed by atoms with Crippen molar-refractivity contribution < 1.29 is 19.4 Å². The molecule has 98 valence electrons. The second-order valence-corrected chi connectivity index (χ2v) is 4.71. The Morgan fingerprint density at radius 3 is 2.24 bits per heavy atom. The van der Waals surface area contributed by atoms with Crippen LogP contribution in [-0.2, 0) is 14.3 Å². The molecule has 0 radical (unpaired) electrons. The number of hydrogen-bond acceptors (Lipinski definition) is 3. The lowest BCUT2D eigenvalue weighted by atomic mass is 9.93. The Morgan fingerprint density at radius 2 is 1.76 bits per heavy atom. The molecule has 0 aromatic carbocycles. The van der Waals surface area contributed by atoms with E-state index in [0.717, 1.165) is 12.8 Å². The van der Waals surface area contributed by atoms with E-state index < -0.39 is 17.8 Å². The smallest absolute Gasteiger partial charge is 0.307 e. The van der Waals surface area contributed by atoms with Crippen molar-refractivity contribution in [3.63, 3.8) is 0 Å². The van der Waals surface area contributed by atoms with Gasteiger partial charge in [-0.3, -0.25) is 9.59 Å². The van der Waals surface area contributed by atoms with Crippen LogP contribution in [0, 0.1) is 11.8 Å². The highest BCUT2D eigenvalue weighted by Gasteiger charge is 2.31. The van der Waals surface area contributed by atoms with Crippen molar-refractivity contribution in [3.05, 3.63) is 0 Å². The van der Waals surface area contributed by atoms with Crippen LogP contribution in [0.4, 0.5) is 0 Å². The van der Waals surface area contributed by atoms with E-state index >= 15 is 0 Å². The summed E-state index contributed by atoms with van der Waals surface area (Å²) in [6.07, 6.45) is 1.66. The number of aliphatic carboxylic acids is 1. The van der Waals surface area contributed by atoms with E-state index in [1.54, 1.807) is 25.8 Å². The Labute approximate surface area is 102 Å². The second kappa shape index (κ2) is 6.00. The molecule has 1 aliphatic heterocycles. The largest absolute Gasteiger partial charge is 0.481 e.